The average molecular weight is 351 g/mol. The molecule has 1 fully saturated rings. The molecule has 1 saturated heterocycles. The molecule has 1 aliphatic rings. The highest BCUT2D eigenvalue weighted by Crippen LogP contribution is 2.43. The molecule has 0 spiro atoms. The number of rotatable bonds is 6. The minimum Gasteiger partial charge on any atom is -0.390 e. The zero-order chi connectivity index (χ0) is 17.2. The zero-order valence-corrected chi connectivity index (χ0v) is 13.1. The van der Waals surface area contributed by atoms with E-state index in [0.29, 0.717) is 0 Å². The van der Waals surface area contributed by atoms with Crippen molar-refractivity contribution in [1.82, 2.24) is 9.55 Å². The molecular formula is C11H18N3O8P. The maximum Gasteiger partial charge on any atom is 0.472 e. The van der Waals surface area contributed by atoms with Crippen molar-refractivity contribution in [2.45, 2.75) is 31.4 Å². The van der Waals surface area contributed by atoms with Crippen LogP contribution in [0.1, 0.15) is 18.2 Å². The monoisotopic (exact) mass is 351 g/mol. The highest BCUT2D eigenvalue weighted by molar-refractivity contribution is 7.47. The lowest BCUT2D eigenvalue weighted by molar-refractivity contribution is -0.0458. The number of hydrogen-bond donors (Lipinski definition) is 4. The van der Waals surface area contributed by atoms with Gasteiger partial charge in [0.2, 0.25) is 0 Å². The number of nitrogens with two attached hydrogens (primary N) is 1. The first-order valence-electron chi connectivity index (χ1n) is 6.68. The Balaban J connectivity index is 2.14. The van der Waals surface area contributed by atoms with E-state index in [0.717, 1.165) is 11.7 Å². The van der Waals surface area contributed by atoms with Crippen LogP contribution in [0.3, 0.4) is 0 Å². The molecule has 0 radical (unpaired) electrons. The van der Waals surface area contributed by atoms with Gasteiger partial charge in [0.1, 0.15) is 12.3 Å². The van der Waals surface area contributed by atoms with E-state index in [4.69, 9.17) is 15.4 Å². The number of aromatic nitrogens is 2. The number of nitrogens with zero attached hydrogens (tertiary/aromatic N) is 1. The minimum atomic E-state index is -4.20. The van der Waals surface area contributed by atoms with E-state index in [1.165, 1.54) is 6.20 Å². The third kappa shape index (κ3) is 4.15. The van der Waals surface area contributed by atoms with E-state index < -0.39 is 44.1 Å². The molecule has 5 N–H and O–H groups in total. The van der Waals surface area contributed by atoms with Gasteiger partial charge in [-0.05, 0) is 0 Å². The lowest BCUT2D eigenvalue weighted by Crippen LogP contribution is -2.35. The molecule has 0 aromatic carbocycles. The Bertz CT molecular complexity index is 716. The minimum absolute atomic E-state index is 0.0344. The van der Waals surface area contributed by atoms with Crippen LogP contribution in [-0.4, -0.2) is 45.5 Å². The Kier molecular flexibility index (Phi) is 5.53. The zero-order valence-electron chi connectivity index (χ0n) is 12.2. The first-order valence-corrected chi connectivity index (χ1v) is 8.18. The molecule has 23 heavy (non-hydrogen) atoms. The van der Waals surface area contributed by atoms with Gasteiger partial charge >= 0.3 is 13.5 Å². The van der Waals surface area contributed by atoms with Crippen LogP contribution in [0.4, 0.5) is 0 Å². The van der Waals surface area contributed by atoms with Crippen LogP contribution < -0.4 is 17.0 Å². The normalized spacial score (nSPS) is 27.0. The molecule has 1 aliphatic heterocycles. The summed E-state index contributed by atoms with van der Waals surface area (Å²) in [7, 11) is -3.19. The molecular weight excluding hydrogens is 333 g/mol. The molecule has 1 aromatic rings. The fourth-order valence-electron chi connectivity index (χ4n) is 2.14. The molecule has 0 bridgehead atoms. The predicted octanol–water partition coefficient (Wildman–Crippen LogP) is -1.59. The molecule has 0 saturated carbocycles. The number of aromatic amines is 1. The van der Waals surface area contributed by atoms with Gasteiger partial charge < -0.3 is 20.5 Å². The summed E-state index contributed by atoms with van der Waals surface area (Å²) in [4.78, 5) is 34.6. The Hall–Kier alpha value is -1.33. The van der Waals surface area contributed by atoms with E-state index in [9.17, 15) is 19.3 Å². The van der Waals surface area contributed by atoms with Crippen LogP contribution in [0.25, 0.3) is 0 Å². The molecule has 2 heterocycles. The smallest absolute Gasteiger partial charge is 0.390 e. The Morgan fingerprint density at radius 2 is 2.26 bits per heavy atom. The SMILES string of the molecule is COP(=O)(O)OC[C@H]1O[C@@H](n2cc(CN)c(=O)[nH]c2=O)CC1O. The standard InChI is InChI=1S/C11H18N3O8P/c1-20-23(18,19)21-5-8-7(15)2-9(22-8)14-4-6(3-12)10(16)13-11(14)17/h4,7-9,15H,2-3,5,12H2,1H3,(H,18,19)(H,13,16,17)/t7?,8-,9-/m1/s1. The van der Waals surface area contributed by atoms with Crippen LogP contribution in [0.15, 0.2) is 15.8 Å². The van der Waals surface area contributed by atoms with Crippen molar-refractivity contribution in [2.75, 3.05) is 13.7 Å². The summed E-state index contributed by atoms with van der Waals surface area (Å²) < 4.78 is 26.7. The van der Waals surface area contributed by atoms with Crippen LogP contribution in [-0.2, 0) is 24.9 Å². The first-order chi connectivity index (χ1) is 10.8. The lowest BCUT2D eigenvalue weighted by Gasteiger charge is -2.17. The number of phosphoric ester groups is 1. The summed E-state index contributed by atoms with van der Waals surface area (Å²) in [6, 6.07) is 0. The fraction of sp³-hybridized carbons (Fsp3) is 0.636. The largest absolute Gasteiger partial charge is 0.472 e. The lowest BCUT2D eigenvalue weighted by atomic mass is 10.2. The Labute approximate surface area is 130 Å². The summed E-state index contributed by atoms with van der Waals surface area (Å²) in [6.07, 6.45) is -1.54. The summed E-state index contributed by atoms with van der Waals surface area (Å²) in [6.45, 7) is -0.472. The third-order valence-electron chi connectivity index (χ3n) is 3.41. The van der Waals surface area contributed by atoms with E-state index in [1.807, 2.05) is 0 Å². The van der Waals surface area contributed by atoms with Crippen LogP contribution >= 0.6 is 7.82 Å². The second-order valence-corrected chi connectivity index (χ2v) is 6.46. The number of aliphatic hydroxyl groups excluding tert-OH is 1. The molecule has 0 aliphatic carbocycles. The highest BCUT2D eigenvalue weighted by atomic mass is 31.2. The Morgan fingerprint density at radius 3 is 2.87 bits per heavy atom. The van der Waals surface area contributed by atoms with E-state index in [2.05, 4.69) is 14.0 Å². The molecule has 0 amide bonds. The quantitative estimate of drug-likeness (QED) is 0.442. The van der Waals surface area contributed by atoms with Crippen molar-refractivity contribution in [3.63, 3.8) is 0 Å². The number of aliphatic hydroxyl groups is 1. The third-order valence-corrected chi connectivity index (χ3v) is 4.35. The van der Waals surface area contributed by atoms with Crippen molar-refractivity contribution >= 4 is 7.82 Å². The number of phosphoric acid groups is 1. The first kappa shape index (κ1) is 18.0. The summed E-state index contributed by atoms with van der Waals surface area (Å²) in [5.41, 5.74) is 4.30. The van der Waals surface area contributed by atoms with Gasteiger partial charge in [0, 0.05) is 31.8 Å². The van der Waals surface area contributed by atoms with E-state index >= 15 is 0 Å². The van der Waals surface area contributed by atoms with Gasteiger partial charge in [0.25, 0.3) is 5.56 Å². The number of nitrogens with one attached hydrogen (secondary N) is 1. The number of hydrogen-bond acceptors (Lipinski definition) is 8. The van der Waals surface area contributed by atoms with Gasteiger partial charge in [-0.25, -0.2) is 9.36 Å². The van der Waals surface area contributed by atoms with Crippen LogP contribution in [0.2, 0.25) is 0 Å². The topological polar surface area (TPSA) is 166 Å². The van der Waals surface area contributed by atoms with Gasteiger partial charge in [-0.2, -0.15) is 0 Å². The maximum absolute atomic E-state index is 11.8. The summed E-state index contributed by atoms with van der Waals surface area (Å²) >= 11 is 0. The molecule has 11 nitrogen and oxygen atoms in total. The number of H-pyrrole nitrogens is 1. The van der Waals surface area contributed by atoms with Crippen molar-refractivity contribution in [2.24, 2.45) is 5.73 Å². The number of ether oxygens (including phenoxy) is 1. The molecule has 12 heteroatoms. The average Bonchev–Trinajstić information content (AvgIpc) is 2.86. The van der Waals surface area contributed by atoms with Crippen molar-refractivity contribution < 1.29 is 28.3 Å². The Morgan fingerprint density at radius 1 is 1.57 bits per heavy atom. The van der Waals surface area contributed by atoms with Crippen LogP contribution in [0, 0.1) is 0 Å². The van der Waals surface area contributed by atoms with E-state index in [-0.39, 0.29) is 18.5 Å². The molecule has 2 rings (SSSR count). The molecule has 2 unspecified atom stereocenters. The van der Waals surface area contributed by atoms with Crippen molar-refractivity contribution in [3.05, 3.63) is 32.6 Å². The van der Waals surface area contributed by atoms with Gasteiger partial charge in [0.05, 0.1) is 12.7 Å². The van der Waals surface area contributed by atoms with Gasteiger partial charge in [0.15, 0.2) is 0 Å². The second kappa shape index (κ2) is 7.05. The van der Waals surface area contributed by atoms with E-state index in [1.54, 1.807) is 0 Å². The fourth-order valence-corrected chi connectivity index (χ4v) is 2.58. The van der Waals surface area contributed by atoms with Crippen molar-refractivity contribution in [1.29, 1.82) is 0 Å². The highest BCUT2D eigenvalue weighted by Gasteiger charge is 2.37. The summed E-state index contributed by atoms with van der Waals surface area (Å²) in [5, 5.41) is 9.93. The molecule has 130 valence electrons. The van der Waals surface area contributed by atoms with Crippen LogP contribution in [0.5, 0.6) is 0 Å². The predicted molar refractivity (Wildman–Crippen MR) is 76.5 cm³/mol. The molecule has 4 atom stereocenters. The molecule has 1 aromatic heterocycles. The van der Waals surface area contributed by atoms with Gasteiger partial charge in [-0.3, -0.25) is 23.4 Å². The van der Waals surface area contributed by atoms with Gasteiger partial charge in [-0.15, -0.1) is 0 Å². The summed E-state index contributed by atoms with van der Waals surface area (Å²) in [5.74, 6) is 0. The maximum atomic E-state index is 11.8. The van der Waals surface area contributed by atoms with Crippen molar-refractivity contribution in [3.8, 4) is 0 Å². The van der Waals surface area contributed by atoms with Gasteiger partial charge in [-0.1, -0.05) is 0 Å². The second-order valence-electron chi connectivity index (χ2n) is 4.90.